The maximum Gasteiger partial charge on any atom is 0.417 e. The van der Waals surface area contributed by atoms with E-state index in [4.69, 9.17) is 9.47 Å². The summed E-state index contributed by atoms with van der Waals surface area (Å²) >= 11 is 0. The van der Waals surface area contributed by atoms with E-state index < -0.39 is 29.6 Å². The number of nitrogens with zero attached hydrogens (tertiary/aromatic N) is 4. The Bertz CT molecular complexity index is 1620. The summed E-state index contributed by atoms with van der Waals surface area (Å²) in [5.74, 6) is -0.604. The van der Waals surface area contributed by atoms with Crippen LogP contribution < -0.4 is 4.74 Å². The molecule has 0 amide bonds. The third kappa shape index (κ3) is 6.52. The third-order valence-corrected chi connectivity index (χ3v) is 6.70. The number of aromatic amines is 1. The normalized spacial score (nSPS) is 13.5. The van der Waals surface area contributed by atoms with Crippen LogP contribution in [0, 0.1) is 5.82 Å². The molecule has 224 valence electrons. The first-order valence-corrected chi connectivity index (χ1v) is 13.8. The van der Waals surface area contributed by atoms with E-state index in [-0.39, 0.29) is 30.2 Å². The molecule has 2 aromatic carbocycles. The Morgan fingerprint density at radius 1 is 1.05 bits per heavy atom. The van der Waals surface area contributed by atoms with Crippen molar-refractivity contribution in [1.29, 1.82) is 0 Å². The molecular formula is C31H29F4N5O3. The summed E-state index contributed by atoms with van der Waals surface area (Å²) in [6, 6.07) is 11.9. The molecule has 1 aliphatic rings. The minimum Gasteiger partial charge on any atom is -0.494 e. The maximum atomic E-state index is 14.4. The monoisotopic (exact) mass is 595 g/mol. The topological polar surface area (TPSA) is 92.7 Å². The second kappa shape index (κ2) is 12.6. The molecule has 1 unspecified atom stereocenters. The zero-order chi connectivity index (χ0) is 30.6. The summed E-state index contributed by atoms with van der Waals surface area (Å²) in [6.45, 7) is 4.27. The molecule has 1 aliphatic heterocycles. The van der Waals surface area contributed by atoms with E-state index in [0.717, 1.165) is 6.07 Å². The van der Waals surface area contributed by atoms with Gasteiger partial charge in [0.05, 0.1) is 54.2 Å². The molecule has 1 N–H and O–H groups in total. The maximum absolute atomic E-state index is 14.4. The van der Waals surface area contributed by atoms with E-state index >= 15 is 0 Å². The number of hydrogen-bond acceptors (Lipinski definition) is 7. The van der Waals surface area contributed by atoms with Crippen molar-refractivity contribution in [2.45, 2.75) is 45.5 Å². The molecule has 2 aromatic heterocycles. The van der Waals surface area contributed by atoms with Gasteiger partial charge in [0.25, 0.3) is 0 Å². The number of halogens is 4. The second-order valence-corrected chi connectivity index (χ2v) is 9.87. The smallest absolute Gasteiger partial charge is 0.417 e. The molecule has 0 saturated carbocycles. The second-order valence-electron chi connectivity index (χ2n) is 9.87. The van der Waals surface area contributed by atoms with Gasteiger partial charge in [-0.15, -0.1) is 0 Å². The largest absolute Gasteiger partial charge is 0.494 e. The lowest BCUT2D eigenvalue weighted by molar-refractivity contribution is -0.150. The predicted octanol–water partition coefficient (Wildman–Crippen LogP) is 6.93. The molecule has 3 heterocycles. The lowest BCUT2D eigenvalue weighted by Crippen LogP contribution is -2.33. The number of hydrogen-bond donors (Lipinski definition) is 1. The third-order valence-electron chi connectivity index (χ3n) is 6.70. The van der Waals surface area contributed by atoms with Crippen LogP contribution in [0.15, 0.2) is 65.9 Å². The van der Waals surface area contributed by atoms with Crippen molar-refractivity contribution in [2.24, 2.45) is 5.10 Å². The van der Waals surface area contributed by atoms with Crippen LogP contribution in [0.3, 0.4) is 0 Å². The minimum atomic E-state index is -4.64. The molecule has 8 nitrogen and oxygen atoms in total. The summed E-state index contributed by atoms with van der Waals surface area (Å²) < 4.78 is 67.1. The highest BCUT2D eigenvalue weighted by Gasteiger charge is 2.36. The van der Waals surface area contributed by atoms with Gasteiger partial charge in [-0.05, 0) is 49.2 Å². The van der Waals surface area contributed by atoms with Gasteiger partial charge >= 0.3 is 12.1 Å². The molecular weight excluding hydrogens is 566 g/mol. The quantitative estimate of drug-likeness (QED) is 0.158. The fourth-order valence-electron chi connectivity index (χ4n) is 4.64. The number of H-pyrrole nitrogens is 1. The summed E-state index contributed by atoms with van der Waals surface area (Å²) in [5.41, 5.74) is 0.833. The summed E-state index contributed by atoms with van der Waals surface area (Å²) in [6.07, 6.45) is -0.569. The van der Waals surface area contributed by atoms with Gasteiger partial charge in [0.1, 0.15) is 17.4 Å². The first kappa shape index (κ1) is 29.7. The first-order chi connectivity index (χ1) is 20.7. The Morgan fingerprint density at radius 3 is 2.53 bits per heavy atom. The van der Waals surface area contributed by atoms with Crippen molar-refractivity contribution >= 4 is 12.2 Å². The van der Waals surface area contributed by atoms with Gasteiger partial charge in [0.15, 0.2) is 6.04 Å². The zero-order valence-corrected chi connectivity index (χ0v) is 23.5. The molecule has 0 spiro atoms. The SMILES string of the molecule is CCCOC(=O)C(c1ccc(-c2ccc(OCCC)cc2C(F)(F)F)nc1)N1Cc2nc(-c3ccccc3F)[nH]c2C=N1. The molecule has 4 aromatic rings. The van der Waals surface area contributed by atoms with Crippen LogP contribution in [0.2, 0.25) is 0 Å². The minimum absolute atomic E-state index is 0.0741. The molecule has 1 atom stereocenters. The Morgan fingerprint density at radius 2 is 1.84 bits per heavy atom. The Labute approximate surface area is 245 Å². The summed E-state index contributed by atoms with van der Waals surface area (Å²) in [5, 5.41) is 5.88. The molecule has 0 radical (unpaired) electrons. The number of rotatable bonds is 10. The lowest BCUT2D eigenvalue weighted by atomic mass is 10.0. The van der Waals surface area contributed by atoms with Crippen LogP contribution in [-0.4, -0.2) is 45.4 Å². The number of aromatic nitrogens is 3. The summed E-state index contributed by atoms with van der Waals surface area (Å²) in [4.78, 5) is 25.1. The predicted molar refractivity (Wildman–Crippen MR) is 152 cm³/mol. The fraction of sp³-hybridized carbons (Fsp3) is 0.290. The number of hydrazone groups is 1. The van der Waals surface area contributed by atoms with E-state index in [0.29, 0.717) is 47.8 Å². The number of pyridine rings is 1. The standard InChI is InChI=1S/C31H29F4N5O3/c1-3-13-42-20-10-11-21(23(15-20)31(33,34)35)25-12-9-19(16-36-25)28(30(41)43-14-4-2)40-18-27-26(17-37-40)38-29(39-27)22-7-5-6-8-24(22)32/h5-12,15-17,28H,3-4,13-14,18H2,1-2H3,(H,38,39). The van der Waals surface area contributed by atoms with Crippen LogP contribution in [0.25, 0.3) is 22.6 Å². The van der Waals surface area contributed by atoms with E-state index in [1.54, 1.807) is 18.2 Å². The number of nitrogens with one attached hydrogen (secondary N) is 1. The Hall–Kier alpha value is -4.74. The molecule has 12 heteroatoms. The average Bonchev–Trinajstić information content (AvgIpc) is 3.42. The number of carbonyl (C=O) groups excluding carboxylic acids is 1. The van der Waals surface area contributed by atoms with Crippen LogP contribution in [0.5, 0.6) is 5.75 Å². The van der Waals surface area contributed by atoms with Crippen molar-refractivity contribution in [3.63, 3.8) is 0 Å². The van der Waals surface area contributed by atoms with Crippen LogP contribution in [0.1, 0.15) is 55.2 Å². The van der Waals surface area contributed by atoms with Gasteiger partial charge in [-0.2, -0.15) is 18.3 Å². The molecule has 0 aliphatic carbocycles. The molecule has 5 rings (SSSR count). The van der Waals surface area contributed by atoms with Crippen molar-refractivity contribution in [3.8, 4) is 28.4 Å². The van der Waals surface area contributed by atoms with Crippen molar-refractivity contribution in [2.75, 3.05) is 13.2 Å². The van der Waals surface area contributed by atoms with E-state index in [2.05, 4.69) is 20.1 Å². The highest BCUT2D eigenvalue weighted by Crippen LogP contribution is 2.39. The van der Waals surface area contributed by atoms with Gasteiger partial charge < -0.3 is 14.5 Å². The van der Waals surface area contributed by atoms with Crippen molar-refractivity contribution in [1.82, 2.24) is 20.0 Å². The van der Waals surface area contributed by atoms with Gasteiger partial charge in [0, 0.05) is 17.3 Å². The molecule has 0 bridgehead atoms. The number of benzene rings is 2. The van der Waals surface area contributed by atoms with Gasteiger partial charge in [0.2, 0.25) is 0 Å². The van der Waals surface area contributed by atoms with Crippen molar-refractivity contribution in [3.05, 3.63) is 89.1 Å². The number of esters is 1. The Kier molecular flexibility index (Phi) is 8.74. The Balaban J connectivity index is 1.45. The lowest BCUT2D eigenvalue weighted by Gasteiger charge is -2.29. The number of carbonyl (C=O) groups is 1. The fourth-order valence-corrected chi connectivity index (χ4v) is 4.64. The number of imidazole rings is 1. The van der Waals surface area contributed by atoms with E-state index in [9.17, 15) is 22.4 Å². The molecule has 0 saturated heterocycles. The summed E-state index contributed by atoms with van der Waals surface area (Å²) in [7, 11) is 0. The zero-order valence-electron chi connectivity index (χ0n) is 23.5. The number of ether oxygens (including phenoxy) is 2. The highest BCUT2D eigenvalue weighted by atomic mass is 19.4. The van der Waals surface area contributed by atoms with Gasteiger partial charge in [-0.1, -0.05) is 32.0 Å². The average molecular weight is 596 g/mol. The molecule has 0 fully saturated rings. The van der Waals surface area contributed by atoms with Gasteiger partial charge in [-0.25, -0.2) is 14.2 Å². The van der Waals surface area contributed by atoms with Crippen LogP contribution in [0.4, 0.5) is 17.6 Å². The highest BCUT2D eigenvalue weighted by molar-refractivity contribution is 5.82. The number of alkyl halides is 3. The van der Waals surface area contributed by atoms with Gasteiger partial charge in [-0.3, -0.25) is 9.99 Å². The van der Waals surface area contributed by atoms with Crippen molar-refractivity contribution < 1.29 is 31.8 Å². The van der Waals surface area contributed by atoms with Crippen LogP contribution >= 0.6 is 0 Å². The van der Waals surface area contributed by atoms with E-state index in [1.165, 1.54) is 47.8 Å². The first-order valence-electron chi connectivity index (χ1n) is 13.8. The molecule has 43 heavy (non-hydrogen) atoms. The van der Waals surface area contributed by atoms with E-state index in [1.807, 2.05) is 13.8 Å². The van der Waals surface area contributed by atoms with Crippen LogP contribution in [-0.2, 0) is 22.3 Å². The number of fused-ring (bicyclic) bond motifs is 1.